The van der Waals surface area contributed by atoms with Crippen molar-refractivity contribution >= 4 is 21.8 Å². The molecule has 0 amide bonds. The summed E-state index contributed by atoms with van der Waals surface area (Å²) in [6.45, 7) is 6.20. The van der Waals surface area contributed by atoms with E-state index in [1.807, 2.05) is 34.0 Å². The Morgan fingerprint density at radius 1 is 1.23 bits per heavy atom. The van der Waals surface area contributed by atoms with Gasteiger partial charge >= 0.3 is 12.1 Å². The molecule has 2 aliphatic heterocycles. The Morgan fingerprint density at radius 2 is 1.87 bits per heavy atom. The predicted molar refractivity (Wildman–Crippen MR) is 134 cm³/mol. The summed E-state index contributed by atoms with van der Waals surface area (Å²) in [7, 11) is -1.90. The van der Waals surface area contributed by atoms with Crippen LogP contribution in [0.25, 0.3) is 22.5 Å². The molecule has 0 spiro atoms. The lowest BCUT2D eigenvalue weighted by Crippen LogP contribution is -2.58. The van der Waals surface area contributed by atoms with Crippen molar-refractivity contribution in [2.75, 3.05) is 12.3 Å². The number of halogens is 3. The van der Waals surface area contributed by atoms with Crippen LogP contribution in [0, 0.1) is 13.8 Å². The molecule has 0 radical (unpaired) electrons. The van der Waals surface area contributed by atoms with Crippen molar-refractivity contribution in [3.63, 3.8) is 0 Å². The topological polar surface area (TPSA) is 162 Å². The van der Waals surface area contributed by atoms with Gasteiger partial charge in [0.25, 0.3) is 0 Å². The Bertz CT molecular complexity index is 1550. The second-order valence-electron chi connectivity index (χ2n) is 10.0. The van der Waals surface area contributed by atoms with Gasteiger partial charge in [-0.2, -0.15) is 18.3 Å². The van der Waals surface area contributed by atoms with E-state index in [2.05, 4.69) is 14.8 Å². The minimum atomic E-state index is -5.08. The average molecular weight is 569 g/mol. The molecule has 39 heavy (non-hydrogen) atoms. The van der Waals surface area contributed by atoms with Crippen LogP contribution in [-0.4, -0.2) is 63.2 Å². The third kappa shape index (κ3) is 5.74. The summed E-state index contributed by atoms with van der Waals surface area (Å²) in [6, 6.07) is 5.04. The molecule has 4 heterocycles. The first-order chi connectivity index (χ1) is 17.9. The quantitative estimate of drug-likeness (QED) is 0.420. The number of aromatic nitrogens is 4. The number of nitrogens with two attached hydrogens (primary N) is 1. The van der Waals surface area contributed by atoms with Crippen molar-refractivity contribution < 1.29 is 36.2 Å². The van der Waals surface area contributed by atoms with Crippen molar-refractivity contribution in [3.05, 3.63) is 41.9 Å². The van der Waals surface area contributed by atoms with Crippen LogP contribution in [0.4, 0.5) is 19.0 Å². The first-order valence-corrected chi connectivity index (χ1v) is 13.1. The zero-order valence-corrected chi connectivity index (χ0v) is 22.3. The largest absolute Gasteiger partial charge is 0.490 e. The van der Waals surface area contributed by atoms with Crippen LogP contribution >= 0.6 is 0 Å². The second kappa shape index (κ2) is 9.57. The smallest absolute Gasteiger partial charge is 0.475 e. The molecule has 3 aliphatic rings. The number of rotatable bonds is 5. The van der Waals surface area contributed by atoms with E-state index in [-0.39, 0.29) is 10.5 Å². The van der Waals surface area contributed by atoms with Crippen LogP contribution in [0.1, 0.15) is 31.0 Å². The molecule has 2 aromatic heterocycles. The lowest BCUT2D eigenvalue weighted by Gasteiger charge is -2.42. The number of anilines is 1. The fourth-order valence-electron chi connectivity index (χ4n) is 4.94. The van der Waals surface area contributed by atoms with Gasteiger partial charge in [0.1, 0.15) is 11.5 Å². The van der Waals surface area contributed by atoms with Gasteiger partial charge in [-0.15, -0.1) is 0 Å². The van der Waals surface area contributed by atoms with E-state index in [9.17, 15) is 21.6 Å². The van der Waals surface area contributed by atoms with Crippen molar-refractivity contribution in [2.45, 2.75) is 55.8 Å². The van der Waals surface area contributed by atoms with Gasteiger partial charge in [-0.3, -0.25) is 4.68 Å². The highest BCUT2D eigenvalue weighted by atomic mass is 32.2. The van der Waals surface area contributed by atoms with Crippen LogP contribution in [0.15, 0.2) is 35.5 Å². The number of nitrogens with zero attached hydrogens (tertiary/aromatic N) is 4. The summed E-state index contributed by atoms with van der Waals surface area (Å²) in [5.41, 5.74) is 9.60. The number of nitrogens with one attached hydrogen (secondary N) is 1. The molecule has 11 nitrogen and oxygen atoms in total. The summed E-state index contributed by atoms with van der Waals surface area (Å²) >= 11 is 0. The molecule has 0 atom stereocenters. The fraction of sp³-hybridized carbons (Fsp3) is 0.417. The Kier molecular flexibility index (Phi) is 6.98. The summed E-state index contributed by atoms with van der Waals surface area (Å²) in [5, 5.41) is 11.5. The number of aryl methyl sites for hydroxylation is 3. The number of carboxylic acids is 1. The summed E-state index contributed by atoms with van der Waals surface area (Å²) < 4.78 is 68.4. The van der Waals surface area contributed by atoms with Crippen LogP contribution in [-0.2, 0) is 26.6 Å². The van der Waals surface area contributed by atoms with Crippen LogP contribution in [0.2, 0.25) is 0 Å². The van der Waals surface area contributed by atoms with Gasteiger partial charge in [-0.1, -0.05) is 6.07 Å². The van der Waals surface area contributed by atoms with Crippen molar-refractivity contribution in [3.8, 4) is 22.5 Å². The van der Waals surface area contributed by atoms with E-state index in [4.69, 9.17) is 25.4 Å². The first kappa shape index (κ1) is 28.4. The Labute approximate surface area is 222 Å². The van der Waals surface area contributed by atoms with E-state index >= 15 is 0 Å². The number of sulfonamides is 1. The standard InChI is InChI=1S/C22H26N6O3S.C2HF3O2/c1-13-5-6-15(32(29,30)27-22-10-21(3,11-22)31-12-22)7-16(13)18-8-24-20(23)19(25-18)17-9-28(4)26-14(17)2;3-2(4,5)1(6)7/h5-9,27H,10-12H2,1-4H3,(H2,23,24);(H,6,7). The molecule has 15 heteroatoms. The maximum absolute atomic E-state index is 13.2. The number of benzene rings is 1. The molecule has 210 valence electrons. The number of fused-ring (bicyclic) bond motifs is 1. The first-order valence-electron chi connectivity index (χ1n) is 11.7. The van der Waals surface area contributed by atoms with Gasteiger partial charge in [0.2, 0.25) is 10.0 Å². The molecule has 1 aliphatic carbocycles. The van der Waals surface area contributed by atoms with Gasteiger partial charge in [0, 0.05) is 24.4 Å². The van der Waals surface area contributed by atoms with E-state index in [1.54, 1.807) is 29.1 Å². The van der Waals surface area contributed by atoms with E-state index in [0.717, 1.165) is 16.8 Å². The van der Waals surface area contributed by atoms with Gasteiger partial charge in [-0.05, 0) is 51.3 Å². The van der Waals surface area contributed by atoms with E-state index in [0.29, 0.717) is 42.2 Å². The Hall–Kier alpha value is -3.56. The summed E-state index contributed by atoms with van der Waals surface area (Å²) in [5.74, 6) is -2.46. The number of hydrogen-bond acceptors (Lipinski definition) is 8. The number of nitrogen functional groups attached to an aromatic ring is 1. The Morgan fingerprint density at radius 3 is 2.38 bits per heavy atom. The molecule has 6 rings (SSSR count). The number of ether oxygens (including phenoxy) is 1. The fourth-order valence-corrected chi connectivity index (χ4v) is 6.36. The SMILES string of the molecule is Cc1ccc(S(=O)(=O)NC23COC(C)(C2)C3)cc1-c1cnc(N)c(-c2cn(C)nc2C)n1.O=C(O)C(F)(F)F. The van der Waals surface area contributed by atoms with Crippen molar-refractivity contribution in [1.82, 2.24) is 24.5 Å². The molecular weight excluding hydrogens is 541 g/mol. The monoisotopic (exact) mass is 568 g/mol. The highest BCUT2D eigenvalue weighted by molar-refractivity contribution is 7.89. The minimum Gasteiger partial charge on any atom is -0.475 e. The van der Waals surface area contributed by atoms with Gasteiger partial charge in [-0.25, -0.2) is 27.9 Å². The Balaban J connectivity index is 0.000000448. The maximum Gasteiger partial charge on any atom is 0.490 e. The molecule has 4 N–H and O–H groups in total. The lowest BCUT2D eigenvalue weighted by molar-refractivity contribution is -0.192. The number of hydrogen-bond donors (Lipinski definition) is 3. The van der Waals surface area contributed by atoms with Crippen LogP contribution < -0.4 is 10.5 Å². The molecule has 3 aromatic rings. The minimum absolute atomic E-state index is 0.186. The van der Waals surface area contributed by atoms with Crippen LogP contribution in [0.3, 0.4) is 0 Å². The number of alkyl halides is 3. The van der Waals surface area contributed by atoms with Gasteiger partial charge in [0.05, 0.1) is 40.2 Å². The maximum atomic E-state index is 13.2. The van der Waals surface area contributed by atoms with Crippen molar-refractivity contribution in [1.29, 1.82) is 0 Å². The lowest BCUT2D eigenvalue weighted by atomic mass is 9.70. The zero-order chi connectivity index (χ0) is 29.0. The van der Waals surface area contributed by atoms with Gasteiger partial charge < -0.3 is 15.6 Å². The van der Waals surface area contributed by atoms with Gasteiger partial charge in [0.15, 0.2) is 0 Å². The zero-order valence-electron chi connectivity index (χ0n) is 21.5. The molecule has 0 unspecified atom stereocenters. The molecular formula is C24H27F3N6O5S. The normalized spacial score (nSPS) is 22.1. The number of carbonyl (C=O) groups is 1. The third-order valence-corrected chi connectivity index (χ3v) is 8.16. The second-order valence-corrected chi connectivity index (χ2v) is 11.7. The molecule has 1 aromatic carbocycles. The predicted octanol–water partition coefficient (Wildman–Crippen LogP) is 2.98. The molecule has 2 saturated heterocycles. The number of carboxylic acid groups (broad SMARTS) is 1. The van der Waals surface area contributed by atoms with Crippen LogP contribution in [0.5, 0.6) is 0 Å². The van der Waals surface area contributed by atoms with E-state index in [1.165, 1.54) is 0 Å². The summed E-state index contributed by atoms with van der Waals surface area (Å²) in [4.78, 5) is 18.1. The third-order valence-electron chi connectivity index (χ3n) is 6.58. The average Bonchev–Trinajstić information content (AvgIpc) is 3.42. The molecule has 3 fully saturated rings. The highest BCUT2D eigenvalue weighted by Crippen LogP contribution is 2.51. The molecule has 1 saturated carbocycles. The molecule has 2 bridgehead atoms. The number of aliphatic carboxylic acids is 1. The van der Waals surface area contributed by atoms with Crippen molar-refractivity contribution in [2.24, 2.45) is 7.05 Å². The highest BCUT2D eigenvalue weighted by Gasteiger charge is 2.61. The van der Waals surface area contributed by atoms with E-state index < -0.39 is 27.7 Å². The summed E-state index contributed by atoms with van der Waals surface area (Å²) in [6.07, 6.45) is -0.297.